The molecule has 1 amide bonds. The van der Waals surface area contributed by atoms with Crippen molar-refractivity contribution in [3.63, 3.8) is 0 Å². The van der Waals surface area contributed by atoms with Crippen molar-refractivity contribution in [1.29, 1.82) is 0 Å². The number of hydrogen-bond donors (Lipinski definition) is 2. The van der Waals surface area contributed by atoms with E-state index in [0.717, 1.165) is 16.3 Å². The number of nitrogens with two attached hydrogens (primary N) is 1. The predicted octanol–water partition coefficient (Wildman–Crippen LogP) is 2.24. The Labute approximate surface area is 139 Å². The van der Waals surface area contributed by atoms with Crippen molar-refractivity contribution in [3.05, 3.63) is 34.8 Å². The van der Waals surface area contributed by atoms with Crippen molar-refractivity contribution in [2.45, 2.75) is 25.8 Å². The Balaban J connectivity index is 0.00000242. The van der Waals surface area contributed by atoms with Crippen molar-refractivity contribution in [3.8, 4) is 5.75 Å². The van der Waals surface area contributed by atoms with E-state index in [-0.39, 0.29) is 30.8 Å². The second-order valence-corrected chi connectivity index (χ2v) is 5.82. The number of rotatable bonds is 6. The van der Waals surface area contributed by atoms with Gasteiger partial charge in [0.25, 0.3) is 0 Å². The number of carbonyl (C=O) groups is 1. The van der Waals surface area contributed by atoms with Gasteiger partial charge in [0.2, 0.25) is 11.0 Å². The molecule has 1 unspecified atom stereocenters. The summed E-state index contributed by atoms with van der Waals surface area (Å²) in [5, 5.41) is 12.1. The number of nitrogens with one attached hydrogen (secondary N) is 1. The number of benzene rings is 1. The molecule has 0 aliphatic rings. The summed E-state index contributed by atoms with van der Waals surface area (Å²) in [6.45, 7) is 1.79. The zero-order valence-corrected chi connectivity index (χ0v) is 14.0. The molecule has 0 bridgehead atoms. The number of halogens is 1. The molecule has 0 radical (unpaired) electrons. The predicted molar refractivity (Wildman–Crippen MR) is 89.9 cm³/mol. The molecule has 0 spiro atoms. The third kappa shape index (κ3) is 5.59. The van der Waals surface area contributed by atoms with E-state index in [1.165, 1.54) is 11.3 Å². The molecule has 120 valence electrons. The molecule has 0 aliphatic heterocycles. The minimum Gasteiger partial charge on any atom is -0.497 e. The highest BCUT2D eigenvalue weighted by Crippen LogP contribution is 2.21. The standard InChI is InChI=1S/C14H18N4O2S.ClH/c1-9(15)6-12(19)16-14-18-17-13(21-14)8-10-4-3-5-11(7-10)20-2;/h3-5,7,9H,6,8,15H2,1-2H3,(H,16,18,19);1H. The molecular weight excluding hydrogens is 324 g/mol. The Morgan fingerprint density at radius 1 is 1.45 bits per heavy atom. The largest absolute Gasteiger partial charge is 0.497 e. The highest BCUT2D eigenvalue weighted by Gasteiger charge is 2.10. The maximum Gasteiger partial charge on any atom is 0.227 e. The lowest BCUT2D eigenvalue weighted by molar-refractivity contribution is -0.116. The molecule has 2 rings (SSSR count). The monoisotopic (exact) mass is 342 g/mol. The zero-order valence-electron chi connectivity index (χ0n) is 12.4. The van der Waals surface area contributed by atoms with E-state index in [4.69, 9.17) is 10.5 Å². The number of aromatic nitrogens is 2. The third-order valence-corrected chi connectivity index (χ3v) is 3.55. The fourth-order valence-corrected chi connectivity index (χ4v) is 2.59. The van der Waals surface area contributed by atoms with Gasteiger partial charge in [-0.2, -0.15) is 0 Å². The van der Waals surface area contributed by atoms with E-state index in [2.05, 4.69) is 15.5 Å². The topological polar surface area (TPSA) is 90.1 Å². The van der Waals surface area contributed by atoms with E-state index in [9.17, 15) is 4.79 Å². The van der Waals surface area contributed by atoms with Gasteiger partial charge in [-0.05, 0) is 24.6 Å². The second kappa shape index (κ2) is 8.67. The third-order valence-electron chi connectivity index (χ3n) is 2.71. The van der Waals surface area contributed by atoms with Gasteiger partial charge in [0.1, 0.15) is 10.8 Å². The van der Waals surface area contributed by atoms with Crippen molar-refractivity contribution < 1.29 is 9.53 Å². The first kappa shape index (κ1) is 18.3. The average Bonchev–Trinajstić information content (AvgIpc) is 2.85. The van der Waals surface area contributed by atoms with Crippen LogP contribution in [0.3, 0.4) is 0 Å². The molecule has 0 saturated heterocycles. The van der Waals surface area contributed by atoms with Gasteiger partial charge < -0.3 is 15.8 Å². The summed E-state index contributed by atoms with van der Waals surface area (Å²) in [4.78, 5) is 11.6. The number of nitrogens with zero attached hydrogens (tertiary/aromatic N) is 2. The van der Waals surface area contributed by atoms with Crippen LogP contribution >= 0.6 is 23.7 Å². The molecule has 22 heavy (non-hydrogen) atoms. The smallest absolute Gasteiger partial charge is 0.227 e. The summed E-state index contributed by atoms with van der Waals surface area (Å²) in [5.41, 5.74) is 6.66. The van der Waals surface area contributed by atoms with Gasteiger partial charge in [-0.3, -0.25) is 4.79 Å². The molecule has 0 fully saturated rings. The van der Waals surface area contributed by atoms with Gasteiger partial charge in [-0.1, -0.05) is 23.5 Å². The Morgan fingerprint density at radius 2 is 2.23 bits per heavy atom. The zero-order chi connectivity index (χ0) is 15.2. The molecule has 1 heterocycles. The number of amides is 1. The maximum absolute atomic E-state index is 11.6. The number of methoxy groups -OCH3 is 1. The van der Waals surface area contributed by atoms with Crippen LogP contribution in [0.1, 0.15) is 23.9 Å². The van der Waals surface area contributed by atoms with E-state index in [1.54, 1.807) is 14.0 Å². The molecule has 3 N–H and O–H groups in total. The van der Waals surface area contributed by atoms with Crippen molar-refractivity contribution in [2.24, 2.45) is 5.73 Å². The average molecular weight is 343 g/mol. The van der Waals surface area contributed by atoms with Crippen molar-refractivity contribution >= 4 is 34.8 Å². The van der Waals surface area contributed by atoms with Gasteiger partial charge in [-0.25, -0.2) is 0 Å². The summed E-state index contributed by atoms with van der Waals surface area (Å²) in [6.07, 6.45) is 0.919. The summed E-state index contributed by atoms with van der Waals surface area (Å²) >= 11 is 1.36. The SMILES string of the molecule is COc1cccc(Cc2nnc(NC(=O)CC(C)N)s2)c1.Cl. The summed E-state index contributed by atoms with van der Waals surface area (Å²) in [5.74, 6) is 0.663. The first-order valence-corrected chi connectivity index (χ1v) is 7.39. The van der Waals surface area contributed by atoms with Crippen molar-refractivity contribution in [1.82, 2.24) is 10.2 Å². The minimum absolute atomic E-state index is 0. The summed E-state index contributed by atoms with van der Waals surface area (Å²) in [6, 6.07) is 7.60. The first-order valence-electron chi connectivity index (χ1n) is 6.57. The molecule has 1 atom stereocenters. The highest BCUT2D eigenvalue weighted by atomic mass is 35.5. The van der Waals surface area contributed by atoms with Crippen LogP contribution < -0.4 is 15.8 Å². The second-order valence-electron chi connectivity index (χ2n) is 4.76. The fourth-order valence-electron chi connectivity index (χ4n) is 1.80. The molecule has 1 aromatic carbocycles. The molecule has 2 aromatic rings. The Morgan fingerprint density at radius 3 is 2.91 bits per heavy atom. The quantitative estimate of drug-likeness (QED) is 0.840. The van der Waals surface area contributed by atoms with Crippen LogP contribution in [0.2, 0.25) is 0 Å². The Bertz CT molecular complexity index is 618. The van der Waals surface area contributed by atoms with E-state index in [1.807, 2.05) is 24.3 Å². The van der Waals surface area contributed by atoms with Gasteiger partial charge in [0.15, 0.2) is 0 Å². The molecule has 1 aromatic heterocycles. The Kier molecular flexibility index (Phi) is 7.23. The van der Waals surface area contributed by atoms with Crippen LogP contribution in [0.5, 0.6) is 5.75 Å². The molecule has 6 nitrogen and oxygen atoms in total. The molecule has 8 heteroatoms. The van der Waals surface area contributed by atoms with Gasteiger partial charge >= 0.3 is 0 Å². The maximum atomic E-state index is 11.6. The van der Waals surface area contributed by atoms with Crippen LogP contribution in [-0.4, -0.2) is 29.3 Å². The number of anilines is 1. The van der Waals surface area contributed by atoms with Gasteiger partial charge in [0.05, 0.1) is 7.11 Å². The summed E-state index contributed by atoms with van der Waals surface area (Å²) in [7, 11) is 1.64. The van der Waals surface area contributed by atoms with Gasteiger partial charge in [0, 0.05) is 18.9 Å². The minimum atomic E-state index is -0.172. The Hall–Kier alpha value is -1.70. The molecular formula is C14H19ClN4O2S. The van der Waals surface area contributed by atoms with Crippen molar-refractivity contribution in [2.75, 3.05) is 12.4 Å². The van der Waals surface area contributed by atoms with Crippen LogP contribution in [0, 0.1) is 0 Å². The van der Waals surface area contributed by atoms with E-state index >= 15 is 0 Å². The lowest BCUT2D eigenvalue weighted by atomic mass is 10.1. The fraction of sp³-hybridized carbons (Fsp3) is 0.357. The lowest BCUT2D eigenvalue weighted by Crippen LogP contribution is -2.23. The lowest BCUT2D eigenvalue weighted by Gasteiger charge is -2.03. The number of hydrogen-bond acceptors (Lipinski definition) is 6. The first-order chi connectivity index (χ1) is 10.1. The number of ether oxygens (including phenoxy) is 1. The van der Waals surface area contributed by atoms with Crippen LogP contribution in [0.4, 0.5) is 5.13 Å². The normalized spacial score (nSPS) is 11.4. The van der Waals surface area contributed by atoms with Crippen LogP contribution in [0.15, 0.2) is 24.3 Å². The highest BCUT2D eigenvalue weighted by molar-refractivity contribution is 7.15. The number of carbonyl (C=O) groups excluding carboxylic acids is 1. The van der Waals surface area contributed by atoms with Crippen LogP contribution in [0.25, 0.3) is 0 Å². The van der Waals surface area contributed by atoms with Crippen LogP contribution in [-0.2, 0) is 11.2 Å². The van der Waals surface area contributed by atoms with E-state index in [0.29, 0.717) is 11.6 Å². The molecule has 0 saturated carbocycles. The van der Waals surface area contributed by atoms with Gasteiger partial charge in [-0.15, -0.1) is 22.6 Å². The molecule has 0 aliphatic carbocycles. The summed E-state index contributed by atoms with van der Waals surface area (Å²) < 4.78 is 5.19. The van der Waals surface area contributed by atoms with E-state index < -0.39 is 0 Å².